The molecule has 3 nitrogen and oxygen atoms in total. The number of piperidine rings is 1. The number of aromatic nitrogens is 1. The second kappa shape index (κ2) is 6.44. The molecule has 1 aromatic rings. The van der Waals surface area contributed by atoms with Crippen LogP contribution in [0.5, 0.6) is 0 Å². The van der Waals surface area contributed by atoms with Crippen LogP contribution in [-0.2, 0) is 6.42 Å². The molecular weight excluding hydrogens is 266 g/mol. The minimum absolute atomic E-state index is 0.557. The summed E-state index contributed by atoms with van der Waals surface area (Å²) in [5.74, 6) is 0.870. The Bertz CT molecular complexity index is 443. The summed E-state index contributed by atoms with van der Waals surface area (Å²) >= 11 is 1.95. The van der Waals surface area contributed by atoms with Crippen molar-refractivity contribution in [1.29, 1.82) is 0 Å². The van der Waals surface area contributed by atoms with E-state index in [0.717, 1.165) is 12.5 Å². The highest BCUT2D eigenvalue weighted by Crippen LogP contribution is 2.38. The average molecular weight is 293 g/mol. The number of nitrogens with zero attached hydrogens (tertiary/aromatic N) is 2. The molecule has 1 aliphatic carbocycles. The van der Waals surface area contributed by atoms with Gasteiger partial charge < -0.3 is 10.2 Å². The minimum Gasteiger partial charge on any atom is -0.348 e. The van der Waals surface area contributed by atoms with E-state index in [-0.39, 0.29) is 0 Å². The molecule has 0 spiro atoms. The third kappa shape index (κ3) is 2.86. The zero-order chi connectivity index (χ0) is 13.9. The molecule has 1 aliphatic heterocycles. The van der Waals surface area contributed by atoms with Crippen LogP contribution < -0.4 is 10.2 Å². The van der Waals surface area contributed by atoms with Gasteiger partial charge in [0.25, 0.3) is 0 Å². The smallest absolute Gasteiger partial charge is 0.185 e. The predicted octanol–water partition coefficient (Wildman–Crippen LogP) is 3.76. The van der Waals surface area contributed by atoms with Gasteiger partial charge in [-0.15, -0.1) is 0 Å². The minimum atomic E-state index is 0.557. The maximum Gasteiger partial charge on any atom is 0.185 e. The van der Waals surface area contributed by atoms with Crippen LogP contribution in [0.2, 0.25) is 0 Å². The molecular formula is C16H27N3S. The van der Waals surface area contributed by atoms with Crippen molar-refractivity contribution < 1.29 is 0 Å². The first-order valence-electron chi connectivity index (χ1n) is 8.29. The molecule has 0 radical (unpaired) electrons. The first-order chi connectivity index (χ1) is 9.81. The van der Waals surface area contributed by atoms with Crippen molar-refractivity contribution >= 4 is 16.5 Å². The summed E-state index contributed by atoms with van der Waals surface area (Å²) in [6.07, 6.45) is 7.78. The lowest BCUT2D eigenvalue weighted by molar-refractivity contribution is 0.404. The third-order valence-electron chi connectivity index (χ3n) is 4.76. The number of anilines is 1. The zero-order valence-electron chi connectivity index (χ0n) is 12.8. The van der Waals surface area contributed by atoms with Gasteiger partial charge in [0.1, 0.15) is 0 Å². The van der Waals surface area contributed by atoms with E-state index < -0.39 is 0 Å². The van der Waals surface area contributed by atoms with Crippen LogP contribution in [0.25, 0.3) is 0 Å². The number of rotatable bonds is 4. The van der Waals surface area contributed by atoms with Gasteiger partial charge in [0.2, 0.25) is 0 Å². The maximum absolute atomic E-state index is 4.98. The predicted molar refractivity (Wildman–Crippen MR) is 86.7 cm³/mol. The van der Waals surface area contributed by atoms with Gasteiger partial charge in [0.05, 0.1) is 5.69 Å². The van der Waals surface area contributed by atoms with Crippen LogP contribution in [-0.4, -0.2) is 24.6 Å². The van der Waals surface area contributed by atoms with Gasteiger partial charge in [-0.2, -0.15) is 0 Å². The fourth-order valence-corrected chi connectivity index (χ4v) is 4.81. The van der Waals surface area contributed by atoms with Gasteiger partial charge in [-0.1, -0.05) is 31.6 Å². The molecule has 1 N–H and O–H groups in total. The quantitative estimate of drug-likeness (QED) is 0.916. The zero-order valence-corrected chi connectivity index (χ0v) is 13.6. The molecule has 3 rings (SSSR count). The first-order valence-corrected chi connectivity index (χ1v) is 9.11. The Balaban J connectivity index is 1.78. The maximum atomic E-state index is 4.98. The van der Waals surface area contributed by atoms with Crippen LogP contribution in [0.15, 0.2) is 0 Å². The highest BCUT2D eigenvalue weighted by Gasteiger charge is 2.27. The van der Waals surface area contributed by atoms with E-state index in [1.165, 1.54) is 67.3 Å². The van der Waals surface area contributed by atoms with E-state index in [9.17, 15) is 0 Å². The molecule has 1 fully saturated rings. The lowest BCUT2D eigenvalue weighted by atomic mass is 9.96. The van der Waals surface area contributed by atoms with Crippen molar-refractivity contribution in [3.8, 4) is 0 Å². The Morgan fingerprint density at radius 2 is 2.20 bits per heavy atom. The fraction of sp³-hybridized carbons (Fsp3) is 0.812. The molecule has 1 aromatic heterocycles. The van der Waals surface area contributed by atoms with Crippen LogP contribution >= 0.6 is 11.3 Å². The normalized spacial score (nSPS) is 26.6. The van der Waals surface area contributed by atoms with Crippen LogP contribution in [0.4, 0.5) is 5.13 Å². The van der Waals surface area contributed by atoms with E-state index in [0.29, 0.717) is 6.04 Å². The fourth-order valence-electron chi connectivity index (χ4n) is 3.56. The SMILES string of the molecule is CCNC1CCCc2nc(N3CCCC(CC)C3)sc21. The summed E-state index contributed by atoms with van der Waals surface area (Å²) in [6.45, 7) is 8.00. The highest BCUT2D eigenvalue weighted by molar-refractivity contribution is 7.15. The molecule has 1 saturated heterocycles. The van der Waals surface area contributed by atoms with Gasteiger partial charge in [-0.05, 0) is 44.6 Å². The lowest BCUT2D eigenvalue weighted by Gasteiger charge is -2.32. The largest absolute Gasteiger partial charge is 0.348 e. The molecule has 2 unspecified atom stereocenters. The Kier molecular flexibility index (Phi) is 4.61. The van der Waals surface area contributed by atoms with Crippen molar-refractivity contribution in [2.75, 3.05) is 24.5 Å². The summed E-state index contributed by atoms with van der Waals surface area (Å²) in [5.41, 5.74) is 1.38. The lowest BCUT2D eigenvalue weighted by Crippen LogP contribution is -2.35. The number of hydrogen-bond donors (Lipinski definition) is 1. The van der Waals surface area contributed by atoms with E-state index >= 15 is 0 Å². The summed E-state index contributed by atoms with van der Waals surface area (Å²) in [4.78, 5) is 9.05. The van der Waals surface area contributed by atoms with Gasteiger partial charge in [-0.3, -0.25) is 0 Å². The van der Waals surface area contributed by atoms with Crippen molar-refractivity contribution in [3.05, 3.63) is 10.6 Å². The molecule has 4 heteroatoms. The Morgan fingerprint density at radius 1 is 1.30 bits per heavy atom. The topological polar surface area (TPSA) is 28.2 Å². The molecule has 0 saturated carbocycles. The first kappa shape index (κ1) is 14.3. The molecule has 20 heavy (non-hydrogen) atoms. The van der Waals surface area contributed by atoms with Gasteiger partial charge in [0, 0.05) is 24.0 Å². The van der Waals surface area contributed by atoms with Gasteiger partial charge in [0.15, 0.2) is 5.13 Å². The summed E-state index contributed by atoms with van der Waals surface area (Å²) in [7, 11) is 0. The molecule has 2 aliphatic rings. The Hall–Kier alpha value is -0.610. The van der Waals surface area contributed by atoms with E-state index in [2.05, 4.69) is 24.1 Å². The molecule has 0 amide bonds. The molecule has 112 valence electrons. The van der Waals surface area contributed by atoms with Gasteiger partial charge >= 0.3 is 0 Å². The van der Waals surface area contributed by atoms with E-state index in [1.54, 1.807) is 0 Å². The number of nitrogens with one attached hydrogen (secondary N) is 1. The molecule has 2 atom stereocenters. The Morgan fingerprint density at radius 3 is 3.00 bits per heavy atom. The van der Waals surface area contributed by atoms with Crippen LogP contribution in [0.3, 0.4) is 0 Å². The number of hydrogen-bond acceptors (Lipinski definition) is 4. The standard InChI is InChI=1S/C16H27N3S/c1-3-12-7-6-10-19(11-12)16-18-14-9-5-8-13(17-4-2)15(14)20-16/h12-13,17H,3-11H2,1-2H3. The molecule has 2 heterocycles. The number of fused-ring (bicyclic) bond motifs is 1. The average Bonchev–Trinajstić information content (AvgIpc) is 2.93. The van der Waals surface area contributed by atoms with E-state index in [1.807, 2.05) is 11.3 Å². The molecule has 0 aromatic carbocycles. The number of aryl methyl sites for hydroxylation is 1. The summed E-state index contributed by atoms with van der Waals surface area (Å²) in [6, 6.07) is 0.557. The Labute approximate surface area is 126 Å². The van der Waals surface area contributed by atoms with Crippen molar-refractivity contribution in [3.63, 3.8) is 0 Å². The van der Waals surface area contributed by atoms with Crippen molar-refractivity contribution in [1.82, 2.24) is 10.3 Å². The van der Waals surface area contributed by atoms with Crippen LogP contribution in [0, 0.1) is 5.92 Å². The summed E-state index contributed by atoms with van der Waals surface area (Å²) < 4.78 is 0. The highest BCUT2D eigenvalue weighted by atomic mass is 32.1. The second-order valence-corrected chi connectivity index (χ2v) is 7.18. The van der Waals surface area contributed by atoms with Crippen LogP contribution in [0.1, 0.15) is 62.6 Å². The van der Waals surface area contributed by atoms with E-state index in [4.69, 9.17) is 4.98 Å². The van der Waals surface area contributed by atoms with Crippen molar-refractivity contribution in [2.45, 2.75) is 58.4 Å². The van der Waals surface area contributed by atoms with Crippen molar-refractivity contribution in [2.24, 2.45) is 5.92 Å². The third-order valence-corrected chi connectivity index (χ3v) is 6.03. The monoisotopic (exact) mass is 293 g/mol. The number of thiazole rings is 1. The van der Waals surface area contributed by atoms with Gasteiger partial charge in [-0.25, -0.2) is 4.98 Å². The molecule has 0 bridgehead atoms. The summed E-state index contributed by atoms with van der Waals surface area (Å²) in [5, 5.41) is 4.92. The second-order valence-electron chi connectivity index (χ2n) is 6.17.